The molecule has 162 valence electrons. The van der Waals surface area contributed by atoms with Gasteiger partial charge in [-0.05, 0) is 33.9 Å². The van der Waals surface area contributed by atoms with Gasteiger partial charge in [-0.3, -0.25) is 0 Å². The molecule has 0 spiro atoms. The van der Waals surface area contributed by atoms with Crippen LogP contribution >= 0.6 is 0 Å². The lowest BCUT2D eigenvalue weighted by Gasteiger charge is -2.12. The van der Waals surface area contributed by atoms with Crippen LogP contribution in [0.4, 0.5) is 26.3 Å². The number of hydrogen-bond donors (Lipinski definition) is 1. The quantitative estimate of drug-likeness (QED) is 0.327. The van der Waals surface area contributed by atoms with Gasteiger partial charge in [0.2, 0.25) is 5.75 Å². The Morgan fingerprint density at radius 3 is 2.26 bits per heavy atom. The molecular weight excluding hydrogens is 452 g/mol. The Balaban J connectivity index is 1.94. The molecule has 13 heteroatoms. The summed E-state index contributed by atoms with van der Waals surface area (Å²) in [6.07, 6.45) is -4.64. The Morgan fingerprint density at radius 1 is 0.903 bits per heavy atom. The first-order valence-electron chi connectivity index (χ1n) is 8.35. The largest absolute Gasteiger partial charge is 0.650 e. The summed E-state index contributed by atoms with van der Waals surface area (Å²) >= 11 is 0. The molecule has 1 atom stereocenters. The Kier molecular flexibility index (Phi) is 4.70. The van der Waals surface area contributed by atoms with E-state index in [0.717, 1.165) is 29.1 Å². The van der Waals surface area contributed by atoms with Crippen molar-refractivity contribution in [3.63, 3.8) is 0 Å². The van der Waals surface area contributed by atoms with Crippen LogP contribution in [-0.2, 0) is 20.9 Å². The van der Waals surface area contributed by atoms with Gasteiger partial charge >= 0.3 is 22.2 Å². The second kappa shape index (κ2) is 6.92. The predicted molar refractivity (Wildman–Crippen MR) is 98.7 cm³/mol. The normalized spacial score (nSPS) is 14.7. The number of nitrogens with zero attached hydrogens (tertiary/aromatic N) is 3. The summed E-state index contributed by atoms with van der Waals surface area (Å²) in [6.45, 7) is 0. The monoisotopic (exact) mass is 462 g/mol. The van der Waals surface area contributed by atoms with Crippen LogP contribution < -0.4 is 4.18 Å². The van der Waals surface area contributed by atoms with E-state index >= 15 is 0 Å². The average Bonchev–Trinajstić information content (AvgIpc) is 3.08. The molecule has 0 aliphatic carbocycles. The molecule has 0 amide bonds. The fraction of sp³-hybridized carbons (Fsp3) is 0.111. The van der Waals surface area contributed by atoms with E-state index in [2.05, 4.69) is 14.4 Å². The van der Waals surface area contributed by atoms with Gasteiger partial charge in [0.15, 0.2) is 0 Å². The van der Waals surface area contributed by atoms with Crippen molar-refractivity contribution in [2.24, 2.45) is 0 Å². The highest BCUT2D eigenvalue weighted by Gasteiger charge is 2.63. The maximum atomic E-state index is 13.0. The summed E-state index contributed by atoms with van der Waals surface area (Å²) in [5, 5.41) is 8.68. The van der Waals surface area contributed by atoms with Gasteiger partial charge in [0, 0.05) is 5.39 Å². The molecule has 0 saturated carbocycles. The number of aromatic nitrogens is 3. The number of benzene rings is 3. The van der Waals surface area contributed by atoms with E-state index in [0.29, 0.717) is 5.39 Å². The molecule has 1 N–H and O–H groups in total. The number of rotatable bonds is 3. The summed E-state index contributed by atoms with van der Waals surface area (Å²) in [4.78, 5) is 0.772. The summed E-state index contributed by atoms with van der Waals surface area (Å²) in [5.41, 5.74) is -6.98. The van der Waals surface area contributed by atoms with E-state index in [9.17, 15) is 35.1 Å². The Hall–Kier alpha value is -3.19. The topological polar surface area (TPSA) is 77.2 Å². The van der Waals surface area contributed by atoms with Gasteiger partial charge in [0.05, 0.1) is 5.56 Å². The molecule has 31 heavy (non-hydrogen) atoms. The summed E-state index contributed by atoms with van der Waals surface area (Å²) in [6, 6.07) is 11.2. The molecule has 1 heterocycles. The van der Waals surface area contributed by atoms with Gasteiger partial charge in [0.1, 0.15) is 16.7 Å². The van der Waals surface area contributed by atoms with E-state index in [4.69, 9.17) is 0 Å². The molecule has 0 saturated heterocycles. The van der Waals surface area contributed by atoms with Crippen LogP contribution in [0.3, 0.4) is 0 Å². The minimum atomic E-state index is -5.77. The molecular formula is C18H10F6N3O3S+. The molecule has 0 fully saturated rings. The standard InChI is InChI=1S/C18H9F6N3O3S/c19-17(20,21)11-6-7-13-14(9-11)26-27(25-13)16-12-4-2-1-3-10(12)5-8-15(16)30-31(28,29)18(22,23)24/h1-9H/p+1. The third kappa shape index (κ3) is 3.81. The van der Waals surface area contributed by atoms with Crippen LogP contribution in [0.1, 0.15) is 5.56 Å². The van der Waals surface area contributed by atoms with Gasteiger partial charge in [-0.15, -0.1) is 32.7 Å². The minimum Gasteiger partial charge on any atom is -0.243 e. The van der Waals surface area contributed by atoms with Gasteiger partial charge in [-0.2, -0.15) is 13.2 Å². The zero-order chi connectivity index (χ0) is 22.6. The molecule has 0 aliphatic rings. The summed E-state index contributed by atoms with van der Waals surface area (Å²) in [5.74, 6) is -0.681. The molecule has 4 aromatic rings. The molecule has 4 rings (SSSR count). The van der Waals surface area contributed by atoms with Crippen molar-refractivity contribution in [3.8, 4) is 11.4 Å². The zero-order valence-electron chi connectivity index (χ0n) is 15.0. The number of halogens is 6. The van der Waals surface area contributed by atoms with Gasteiger partial charge in [-0.25, -0.2) is 4.18 Å². The molecule has 6 nitrogen and oxygen atoms in total. The first kappa shape index (κ1) is 21.1. The highest BCUT2D eigenvalue weighted by Crippen LogP contribution is 2.37. The third-order valence-corrected chi connectivity index (χ3v) is 5.26. The lowest BCUT2D eigenvalue weighted by molar-refractivity contribution is -0.137. The number of hydrogen-bond acceptors (Lipinski definition) is 4. The highest BCUT2D eigenvalue weighted by molar-refractivity contribution is 7.94. The Morgan fingerprint density at radius 2 is 1.58 bits per heavy atom. The van der Waals surface area contributed by atoms with E-state index in [1.165, 1.54) is 12.1 Å². The highest BCUT2D eigenvalue weighted by atomic mass is 32.3. The maximum Gasteiger partial charge on any atom is 0.650 e. The summed E-state index contributed by atoms with van der Waals surface area (Å²) < 4.78 is 103. The molecule has 1 unspecified atom stereocenters. The third-order valence-electron chi connectivity index (χ3n) is 4.27. The van der Waals surface area contributed by atoms with Crippen molar-refractivity contribution in [3.05, 3.63) is 60.2 Å². The average molecular weight is 462 g/mol. The van der Waals surface area contributed by atoms with Crippen LogP contribution in [0, 0.1) is 0 Å². The lowest BCUT2D eigenvalue weighted by atomic mass is 10.1. The van der Waals surface area contributed by atoms with E-state index in [-0.39, 0.29) is 22.1 Å². The summed E-state index contributed by atoms with van der Waals surface area (Å²) in [7, 11) is -5.77. The Labute approximate surface area is 170 Å². The predicted octanol–water partition coefficient (Wildman–Crippen LogP) is 5.38. The fourth-order valence-electron chi connectivity index (χ4n) is 2.87. The Bertz CT molecular complexity index is 1350. The molecule has 0 bridgehead atoms. The lowest BCUT2D eigenvalue weighted by Crippen LogP contribution is -2.34. The van der Waals surface area contributed by atoms with Crippen LogP contribution in [-0.4, -0.2) is 25.1 Å². The SMILES string of the molecule is O=[S+](O)(Oc1ccc2ccccc2c1-n1nc2ccc(C(F)(F)F)cc2n1)C(F)(F)F. The van der Waals surface area contributed by atoms with Crippen molar-refractivity contribution >= 4 is 32.3 Å². The maximum absolute atomic E-state index is 13.0. The second-order valence-corrected chi connectivity index (χ2v) is 7.91. The van der Waals surface area contributed by atoms with Crippen molar-refractivity contribution in [1.82, 2.24) is 15.0 Å². The minimum absolute atomic E-state index is 0.0208. The van der Waals surface area contributed by atoms with Gasteiger partial charge in [-0.1, -0.05) is 30.3 Å². The van der Waals surface area contributed by atoms with Crippen LogP contribution in [0.15, 0.2) is 54.6 Å². The van der Waals surface area contributed by atoms with E-state index < -0.39 is 33.5 Å². The van der Waals surface area contributed by atoms with Gasteiger partial charge in [0.25, 0.3) is 0 Å². The first-order chi connectivity index (χ1) is 14.4. The van der Waals surface area contributed by atoms with Crippen LogP contribution in [0.2, 0.25) is 0 Å². The number of fused-ring (bicyclic) bond motifs is 2. The van der Waals surface area contributed by atoms with Crippen molar-refractivity contribution < 1.29 is 39.3 Å². The second-order valence-electron chi connectivity index (χ2n) is 6.33. The number of alkyl halides is 6. The first-order valence-corrected chi connectivity index (χ1v) is 9.80. The molecule has 0 radical (unpaired) electrons. The molecule has 3 aromatic carbocycles. The van der Waals surface area contributed by atoms with Crippen LogP contribution in [0.25, 0.3) is 27.5 Å². The smallest absolute Gasteiger partial charge is 0.243 e. The van der Waals surface area contributed by atoms with E-state index in [1.54, 1.807) is 18.2 Å². The fourth-order valence-corrected chi connectivity index (χ4v) is 3.34. The van der Waals surface area contributed by atoms with Crippen molar-refractivity contribution in [2.45, 2.75) is 11.7 Å². The van der Waals surface area contributed by atoms with E-state index in [1.807, 2.05) is 0 Å². The molecule has 0 aliphatic heterocycles. The zero-order valence-corrected chi connectivity index (χ0v) is 15.8. The van der Waals surface area contributed by atoms with Crippen LogP contribution in [0.5, 0.6) is 5.75 Å². The molecule has 1 aromatic heterocycles. The van der Waals surface area contributed by atoms with Crippen molar-refractivity contribution in [2.75, 3.05) is 0 Å². The van der Waals surface area contributed by atoms with Crippen molar-refractivity contribution in [1.29, 1.82) is 0 Å². The van der Waals surface area contributed by atoms with Gasteiger partial charge < -0.3 is 0 Å².